The molecule has 3 aromatic carbocycles. The molecule has 1 heterocycles. The van der Waals surface area contributed by atoms with Crippen molar-refractivity contribution in [3.8, 4) is 23.0 Å². The molecule has 0 saturated carbocycles. The van der Waals surface area contributed by atoms with Crippen molar-refractivity contribution in [2.75, 3.05) is 34.5 Å². The zero-order chi connectivity index (χ0) is 26.4. The van der Waals surface area contributed by atoms with E-state index in [0.29, 0.717) is 36.3 Å². The first-order valence-electron chi connectivity index (χ1n) is 12.5. The third-order valence-electron chi connectivity index (χ3n) is 6.44. The summed E-state index contributed by atoms with van der Waals surface area (Å²) in [4.78, 5) is 16.8. The maximum atomic E-state index is 13.6. The van der Waals surface area contributed by atoms with E-state index in [1.165, 1.54) is 4.90 Å². The van der Waals surface area contributed by atoms with Gasteiger partial charge in [0.15, 0.2) is 11.5 Å². The Balaban J connectivity index is 1.58. The van der Waals surface area contributed by atoms with Gasteiger partial charge >= 0.3 is 0 Å². The Labute approximate surface area is 223 Å². The van der Waals surface area contributed by atoms with Gasteiger partial charge in [0.25, 0.3) is 0 Å². The minimum atomic E-state index is -0.256. The van der Waals surface area contributed by atoms with Gasteiger partial charge in [-0.1, -0.05) is 26.0 Å². The lowest BCUT2D eigenvalue weighted by Crippen LogP contribution is -2.43. The van der Waals surface area contributed by atoms with Gasteiger partial charge in [-0.15, -0.1) is 11.8 Å². The molecule has 3 aromatic rings. The molecule has 1 aliphatic rings. The third-order valence-corrected chi connectivity index (χ3v) is 7.46. The second-order valence-corrected chi connectivity index (χ2v) is 10.9. The van der Waals surface area contributed by atoms with Crippen LogP contribution in [0.2, 0.25) is 0 Å². The van der Waals surface area contributed by atoms with Crippen molar-refractivity contribution < 1.29 is 23.7 Å². The van der Waals surface area contributed by atoms with E-state index in [4.69, 9.17) is 18.9 Å². The number of hydrogen-bond acceptors (Lipinski definition) is 6. The molecule has 0 spiro atoms. The minimum Gasteiger partial charge on any atom is -0.497 e. The van der Waals surface area contributed by atoms with Crippen molar-refractivity contribution >= 4 is 17.7 Å². The molecule has 0 aromatic heterocycles. The Morgan fingerprint density at radius 1 is 0.919 bits per heavy atom. The van der Waals surface area contributed by atoms with Crippen LogP contribution in [-0.2, 0) is 17.6 Å². The standard InChI is InChI=1S/C30H35NO5S/c1-20(2)37-25-12-6-21(7-13-25)16-30(32)31-15-14-22-17-28(34-4)29(35-5)18-26(22)27(31)19-36-24-10-8-23(33-3)9-11-24/h6-13,17-18,20,27H,14-16,19H2,1-5H3. The lowest BCUT2D eigenvalue weighted by atomic mass is 9.91. The highest BCUT2D eigenvalue weighted by atomic mass is 32.2. The van der Waals surface area contributed by atoms with Gasteiger partial charge in [-0.2, -0.15) is 0 Å². The molecule has 1 aliphatic heterocycles. The number of thioether (sulfide) groups is 1. The van der Waals surface area contributed by atoms with Crippen molar-refractivity contribution in [1.82, 2.24) is 4.90 Å². The molecule has 6 nitrogen and oxygen atoms in total. The maximum Gasteiger partial charge on any atom is 0.227 e. The number of amides is 1. The number of methoxy groups -OCH3 is 3. The highest BCUT2D eigenvalue weighted by molar-refractivity contribution is 7.99. The minimum absolute atomic E-state index is 0.0769. The lowest BCUT2D eigenvalue weighted by molar-refractivity contribution is -0.134. The van der Waals surface area contributed by atoms with Gasteiger partial charge in [0.1, 0.15) is 18.1 Å². The highest BCUT2D eigenvalue weighted by Crippen LogP contribution is 2.39. The van der Waals surface area contributed by atoms with Crippen LogP contribution in [0.5, 0.6) is 23.0 Å². The van der Waals surface area contributed by atoms with E-state index in [9.17, 15) is 4.79 Å². The average Bonchev–Trinajstić information content (AvgIpc) is 2.91. The Kier molecular flexibility index (Phi) is 8.87. The number of fused-ring (bicyclic) bond motifs is 1. The molecule has 0 N–H and O–H groups in total. The monoisotopic (exact) mass is 521 g/mol. The van der Waals surface area contributed by atoms with E-state index < -0.39 is 0 Å². The van der Waals surface area contributed by atoms with Gasteiger partial charge < -0.3 is 23.8 Å². The van der Waals surface area contributed by atoms with Crippen molar-refractivity contribution in [3.05, 3.63) is 77.4 Å². The van der Waals surface area contributed by atoms with Crippen molar-refractivity contribution in [1.29, 1.82) is 0 Å². The van der Waals surface area contributed by atoms with Crippen molar-refractivity contribution in [2.24, 2.45) is 0 Å². The van der Waals surface area contributed by atoms with Gasteiger partial charge in [0.2, 0.25) is 5.91 Å². The van der Waals surface area contributed by atoms with Crippen LogP contribution in [0.15, 0.2) is 65.6 Å². The third kappa shape index (κ3) is 6.52. The summed E-state index contributed by atoms with van der Waals surface area (Å²) in [5, 5.41) is 0.517. The summed E-state index contributed by atoms with van der Waals surface area (Å²) in [6.45, 7) is 5.29. The Morgan fingerprint density at radius 2 is 1.57 bits per heavy atom. The molecule has 0 fully saturated rings. The van der Waals surface area contributed by atoms with Crippen LogP contribution in [0.1, 0.15) is 36.6 Å². The Morgan fingerprint density at radius 3 is 2.19 bits per heavy atom. The fourth-order valence-corrected chi connectivity index (χ4v) is 5.43. The molecular weight excluding hydrogens is 486 g/mol. The predicted molar refractivity (Wildman–Crippen MR) is 147 cm³/mol. The number of rotatable bonds is 10. The molecule has 7 heteroatoms. The smallest absolute Gasteiger partial charge is 0.227 e. The Bertz CT molecular complexity index is 1190. The number of benzene rings is 3. The number of carbonyl (C=O) groups is 1. The number of carbonyl (C=O) groups excluding carboxylic acids is 1. The summed E-state index contributed by atoms with van der Waals surface area (Å²) in [6, 6.07) is 19.5. The van der Waals surface area contributed by atoms with Gasteiger partial charge in [-0.3, -0.25) is 4.79 Å². The largest absolute Gasteiger partial charge is 0.497 e. The summed E-state index contributed by atoms with van der Waals surface area (Å²) in [6.07, 6.45) is 1.08. The normalized spacial score (nSPS) is 14.8. The molecule has 0 saturated heterocycles. The summed E-state index contributed by atoms with van der Waals surface area (Å²) in [7, 11) is 4.90. The topological polar surface area (TPSA) is 57.2 Å². The summed E-state index contributed by atoms with van der Waals surface area (Å²) in [5.74, 6) is 2.90. The first-order chi connectivity index (χ1) is 17.9. The second kappa shape index (κ2) is 12.3. The molecule has 37 heavy (non-hydrogen) atoms. The van der Waals surface area contributed by atoms with Crippen molar-refractivity contribution in [3.63, 3.8) is 0 Å². The molecule has 0 bridgehead atoms. The molecule has 1 unspecified atom stereocenters. The first kappa shape index (κ1) is 26.7. The molecule has 4 rings (SSSR count). The van der Waals surface area contributed by atoms with Crippen molar-refractivity contribution in [2.45, 2.75) is 42.9 Å². The average molecular weight is 522 g/mol. The summed E-state index contributed by atoms with van der Waals surface area (Å²) < 4.78 is 22.6. The molecule has 1 atom stereocenters. The van der Waals surface area contributed by atoms with Crippen LogP contribution in [0.4, 0.5) is 0 Å². The maximum absolute atomic E-state index is 13.6. The van der Waals surface area contributed by atoms with Crippen LogP contribution >= 0.6 is 11.8 Å². The SMILES string of the molecule is COc1ccc(OCC2c3cc(OC)c(OC)cc3CCN2C(=O)Cc2ccc(SC(C)C)cc2)cc1. The zero-order valence-corrected chi connectivity index (χ0v) is 23.0. The highest BCUT2D eigenvalue weighted by Gasteiger charge is 2.33. The van der Waals surface area contributed by atoms with E-state index in [1.54, 1.807) is 21.3 Å². The van der Waals surface area contributed by atoms with Crippen LogP contribution in [0.25, 0.3) is 0 Å². The second-order valence-electron chi connectivity index (χ2n) is 9.23. The quantitative estimate of drug-likeness (QED) is 0.307. The van der Waals surface area contributed by atoms with Gasteiger partial charge in [-0.25, -0.2) is 0 Å². The molecule has 0 aliphatic carbocycles. The van der Waals surface area contributed by atoms with Crippen LogP contribution in [0, 0.1) is 0 Å². The summed E-state index contributed by atoms with van der Waals surface area (Å²) >= 11 is 1.82. The first-order valence-corrected chi connectivity index (χ1v) is 13.4. The molecular formula is C30H35NO5S. The zero-order valence-electron chi connectivity index (χ0n) is 22.2. The molecule has 196 valence electrons. The van der Waals surface area contributed by atoms with Gasteiger partial charge in [0, 0.05) is 16.7 Å². The number of hydrogen-bond donors (Lipinski definition) is 0. The van der Waals surface area contributed by atoms with E-state index in [1.807, 2.05) is 53.1 Å². The molecule has 0 radical (unpaired) electrons. The van der Waals surface area contributed by atoms with Gasteiger partial charge in [-0.05, 0) is 71.6 Å². The van der Waals surface area contributed by atoms with Crippen LogP contribution in [-0.4, -0.2) is 50.5 Å². The Hall–Kier alpha value is -3.32. The fourth-order valence-electron chi connectivity index (χ4n) is 4.59. The number of ether oxygens (including phenoxy) is 4. The lowest BCUT2D eigenvalue weighted by Gasteiger charge is -2.37. The van der Waals surface area contributed by atoms with E-state index >= 15 is 0 Å². The van der Waals surface area contributed by atoms with E-state index in [0.717, 1.165) is 34.6 Å². The van der Waals surface area contributed by atoms with Gasteiger partial charge in [0.05, 0.1) is 33.8 Å². The predicted octanol–water partition coefficient (Wildman–Crippen LogP) is 5.96. The van der Waals surface area contributed by atoms with Crippen LogP contribution < -0.4 is 18.9 Å². The molecule has 1 amide bonds. The fraction of sp³-hybridized carbons (Fsp3) is 0.367. The summed E-state index contributed by atoms with van der Waals surface area (Å²) in [5.41, 5.74) is 3.17. The number of nitrogens with zero attached hydrogens (tertiary/aromatic N) is 1. The van der Waals surface area contributed by atoms with E-state index in [2.05, 4.69) is 38.1 Å². The van der Waals surface area contributed by atoms with E-state index in [-0.39, 0.29) is 11.9 Å². The van der Waals surface area contributed by atoms with Crippen LogP contribution in [0.3, 0.4) is 0 Å².